The topological polar surface area (TPSA) is 80.3 Å². The summed E-state index contributed by atoms with van der Waals surface area (Å²) < 4.78 is 25.0. The second-order valence-corrected chi connectivity index (χ2v) is 3.81. The first-order valence-electron chi connectivity index (χ1n) is 5.77. The molecule has 0 aromatic carbocycles. The quantitative estimate of drug-likeness (QED) is 0.312. The largest absolute Gasteiger partial charge is 0.509 e. The van der Waals surface area contributed by atoms with Crippen molar-refractivity contribution in [1.29, 1.82) is 0 Å². The molecule has 0 aliphatic carbocycles. The van der Waals surface area contributed by atoms with Gasteiger partial charge < -0.3 is 23.7 Å². The normalized spacial score (nSPS) is 27.7. The predicted molar refractivity (Wildman–Crippen MR) is 61.1 cm³/mol. The molecule has 2 bridgehead atoms. The number of hydrogen-bond donors (Lipinski definition) is 0. The van der Waals surface area contributed by atoms with Gasteiger partial charge in [0.05, 0.1) is 6.61 Å². The minimum Gasteiger partial charge on any atom is -0.459 e. The Hall–Kier alpha value is -1.86. The third-order valence-electron chi connectivity index (χ3n) is 2.46. The van der Waals surface area contributed by atoms with Crippen molar-refractivity contribution >= 4 is 12.1 Å². The Balaban J connectivity index is 1.64. The van der Waals surface area contributed by atoms with Crippen molar-refractivity contribution in [3.8, 4) is 0 Å². The van der Waals surface area contributed by atoms with Gasteiger partial charge in [-0.15, -0.1) is 0 Å². The number of fused-ring (bicyclic) bond motifs is 2. The van der Waals surface area contributed by atoms with E-state index in [2.05, 4.69) is 11.3 Å². The van der Waals surface area contributed by atoms with E-state index in [1.165, 1.54) is 0 Å². The van der Waals surface area contributed by atoms with E-state index in [0.717, 1.165) is 6.08 Å². The first kappa shape index (κ1) is 13.6. The van der Waals surface area contributed by atoms with Crippen LogP contribution < -0.4 is 0 Å². The van der Waals surface area contributed by atoms with Crippen LogP contribution in [0.2, 0.25) is 0 Å². The molecule has 0 radical (unpaired) electrons. The molecule has 1 saturated heterocycles. The van der Waals surface area contributed by atoms with Gasteiger partial charge in [-0.25, -0.2) is 9.59 Å². The summed E-state index contributed by atoms with van der Waals surface area (Å²) in [5.74, 6) is -0.578. The van der Waals surface area contributed by atoms with Gasteiger partial charge in [0, 0.05) is 6.08 Å². The fourth-order valence-electron chi connectivity index (χ4n) is 1.60. The van der Waals surface area contributed by atoms with E-state index in [0.29, 0.717) is 6.61 Å². The summed E-state index contributed by atoms with van der Waals surface area (Å²) in [5, 5.41) is 0. The summed E-state index contributed by atoms with van der Waals surface area (Å²) in [4.78, 5) is 22.1. The number of rotatable bonds is 5. The van der Waals surface area contributed by atoms with Gasteiger partial charge in [-0.2, -0.15) is 0 Å². The van der Waals surface area contributed by atoms with Crippen LogP contribution in [0.25, 0.3) is 0 Å². The van der Waals surface area contributed by atoms with Crippen LogP contribution in [-0.2, 0) is 28.5 Å². The number of carbonyl (C=O) groups excluding carboxylic acids is 2. The molecule has 2 rings (SSSR count). The van der Waals surface area contributed by atoms with Crippen LogP contribution in [-0.4, -0.2) is 50.4 Å². The van der Waals surface area contributed by atoms with Gasteiger partial charge in [-0.05, 0) is 6.08 Å². The Kier molecular flexibility index (Phi) is 4.53. The van der Waals surface area contributed by atoms with Gasteiger partial charge in [0.15, 0.2) is 12.4 Å². The van der Waals surface area contributed by atoms with Crippen molar-refractivity contribution in [2.24, 2.45) is 0 Å². The monoisotopic (exact) mass is 270 g/mol. The summed E-state index contributed by atoms with van der Waals surface area (Å²) >= 11 is 0. The molecule has 0 N–H and O–H groups in total. The Bertz CT molecular complexity index is 390. The van der Waals surface area contributed by atoms with Crippen molar-refractivity contribution in [3.63, 3.8) is 0 Å². The molecule has 19 heavy (non-hydrogen) atoms. The molecule has 0 saturated carbocycles. The average molecular weight is 270 g/mol. The minimum absolute atomic E-state index is 0.0566. The lowest BCUT2D eigenvalue weighted by Crippen LogP contribution is -2.33. The fourth-order valence-corrected chi connectivity index (χ4v) is 1.60. The Morgan fingerprint density at radius 1 is 1.32 bits per heavy atom. The highest BCUT2D eigenvalue weighted by atomic mass is 16.8. The predicted octanol–water partition coefficient (Wildman–Crippen LogP) is 0.549. The van der Waals surface area contributed by atoms with Crippen LogP contribution in [0.15, 0.2) is 24.8 Å². The third kappa shape index (κ3) is 3.80. The maximum atomic E-state index is 11.4. The van der Waals surface area contributed by atoms with Gasteiger partial charge in [-0.1, -0.05) is 12.7 Å². The Morgan fingerprint density at radius 3 is 2.89 bits per heavy atom. The third-order valence-corrected chi connectivity index (χ3v) is 2.46. The second kappa shape index (κ2) is 6.35. The zero-order valence-corrected chi connectivity index (χ0v) is 10.2. The summed E-state index contributed by atoms with van der Waals surface area (Å²) in [6, 6.07) is 0. The van der Waals surface area contributed by atoms with E-state index >= 15 is 0 Å². The highest BCUT2D eigenvalue weighted by Crippen LogP contribution is 2.23. The molecule has 0 aromatic heterocycles. The van der Waals surface area contributed by atoms with E-state index < -0.39 is 24.5 Å². The molecule has 2 aliphatic heterocycles. The lowest BCUT2D eigenvalue weighted by Gasteiger charge is -2.22. The molecule has 2 aliphatic rings. The summed E-state index contributed by atoms with van der Waals surface area (Å²) in [6.07, 6.45) is 2.35. The van der Waals surface area contributed by atoms with E-state index in [1.807, 2.05) is 0 Å². The molecule has 7 heteroatoms. The molecule has 104 valence electrons. The number of ether oxygens (including phenoxy) is 5. The molecule has 0 amide bonds. The summed E-state index contributed by atoms with van der Waals surface area (Å²) in [5.41, 5.74) is 0. The van der Waals surface area contributed by atoms with Crippen LogP contribution in [0.4, 0.5) is 4.79 Å². The minimum atomic E-state index is -0.873. The van der Waals surface area contributed by atoms with Gasteiger partial charge in [-0.3, -0.25) is 0 Å². The standard InChI is InChI=1S/C12H14O7/c1-2-10(13)15-5-6-16-12(14)19-9-4-3-8-7-17-11(9)18-8/h2-4,8-9,11H,1,5-7H2. The van der Waals surface area contributed by atoms with Crippen LogP contribution in [0.1, 0.15) is 0 Å². The first-order valence-corrected chi connectivity index (χ1v) is 5.77. The van der Waals surface area contributed by atoms with E-state index in [1.54, 1.807) is 12.2 Å². The highest BCUT2D eigenvalue weighted by molar-refractivity contribution is 5.81. The van der Waals surface area contributed by atoms with Crippen molar-refractivity contribution in [3.05, 3.63) is 24.8 Å². The van der Waals surface area contributed by atoms with Crippen LogP contribution in [0, 0.1) is 0 Å². The van der Waals surface area contributed by atoms with E-state index in [-0.39, 0.29) is 19.3 Å². The van der Waals surface area contributed by atoms with Crippen molar-refractivity contribution < 1.29 is 33.3 Å². The number of carbonyl (C=O) groups is 2. The van der Waals surface area contributed by atoms with Crippen LogP contribution in [0.5, 0.6) is 0 Å². The molecular weight excluding hydrogens is 256 g/mol. The molecule has 3 unspecified atom stereocenters. The van der Waals surface area contributed by atoms with Crippen molar-refractivity contribution in [2.45, 2.75) is 18.5 Å². The SMILES string of the molecule is C=CC(=O)OCCOC(=O)OC1C=CC2COC1O2. The second-order valence-electron chi connectivity index (χ2n) is 3.81. The van der Waals surface area contributed by atoms with E-state index in [9.17, 15) is 9.59 Å². The molecular formula is C12H14O7. The first-order chi connectivity index (χ1) is 9.19. The lowest BCUT2D eigenvalue weighted by molar-refractivity contribution is -0.140. The number of esters is 1. The molecule has 0 spiro atoms. The summed E-state index contributed by atoms with van der Waals surface area (Å²) in [7, 11) is 0. The van der Waals surface area contributed by atoms with Gasteiger partial charge >= 0.3 is 12.1 Å². The molecule has 2 heterocycles. The average Bonchev–Trinajstić information content (AvgIpc) is 2.80. The zero-order valence-electron chi connectivity index (χ0n) is 10.2. The number of hydrogen-bond acceptors (Lipinski definition) is 7. The Morgan fingerprint density at radius 2 is 2.11 bits per heavy atom. The summed E-state index contributed by atoms with van der Waals surface area (Å²) in [6.45, 7) is 3.53. The zero-order chi connectivity index (χ0) is 13.7. The smallest absolute Gasteiger partial charge is 0.459 e. The molecule has 7 nitrogen and oxygen atoms in total. The molecule has 0 aromatic rings. The molecule has 1 fully saturated rings. The lowest BCUT2D eigenvalue weighted by atomic mass is 10.2. The maximum Gasteiger partial charge on any atom is 0.509 e. The molecule has 3 atom stereocenters. The van der Waals surface area contributed by atoms with Crippen LogP contribution >= 0.6 is 0 Å². The van der Waals surface area contributed by atoms with E-state index in [4.69, 9.17) is 18.9 Å². The fraction of sp³-hybridized carbons (Fsp3) is 0.500. The maximum absolute atomic E-state index is 11.4. The highest BCUT2D eigenvalue weighted by Gasteiger charge is 2.36. The van der Waals surface area contributed by atoms with Gasteiger partial charge in [0.25, 0.3) is 0 Å². The van der Waals surface area contributed by atoms with Crippen molar-refractivity contribution in [2.75, 3.05) is 19.8 Å². The van der Waals surface area contributed by atoms with Crippen molar-refractivity contribution in [1.82, 2.24) is 0 Å². The van der Waals surface area contributed by atoms with Gasteiger partial charge in [0.1, 0.15) is 19.3 Å². The van der Waals surface area contributed by atoms with Gasteiger partial charge in [0.2, 0.25) is 0 Å². The van der Waals surface area contributed by atoms with Crippen LogP contribution in [0.3, 0.4) is 0 Å². The Labute approximate surface area is 109 Å².